The number of aryl methyl sites for hydroxylation is 1. The Morgan fingerprint density at radius 2 is 1.83 bits per heavy atom. The van der Waals surface area contributed by atoms with Crippen LogP contribution >= 0.6 is 0 Å². The third-order valence-corrected chi connectivity index (χ3v) is 6.36. The lowest BCUT2D eigenvalue weighted by atomic mass is 9.99. The van der Waals surface area contributed by atoms with E-state index in [2.05, 4.69) is 0 Å². The van der Waals surface area contributed by atoms with E-state index in [0.717, 1.165) is 22.2 Å². The first-order valence-corrected chi connectivity index (χ1v) is 12.3. The predicted molar refractivity (Wildman–Crippen MR) is 139 cm³/mol. The van der Waals surface area contributed by atoms with Crippen LogP contribution in [0.2, 0.25) is 0 Å². The maximum absolute atomic E-state index is 14.7. The molecular weight excluding hydrogens is 458 g/mol. The molecule has 1 atom stereocenters. The van der Waals surface area contributed by atoms with E-state index in [9.17, 15) is 13.6 Å². The molecule has 1 amide bonds. The number of halogens is 2. The van der Waals surface area contributed by atoms with E-state index < -0.39 is 17.8 Å². The van der Waals surface area contributed by atoms with Crippen molar-refractivity contribution in [1.29, 1.82) is 0 Å². The minimum absolute atomic E-state index is 0.0174. The van der Waals surface area contributed by atoms with Gasteiger partial charge in [0.1, 0.15) is 17.5 Å². The fourth-order valence-electron chi connectivity index (χ4n) is 4.68. The third kappa shape index (κ3) is 5.31. The van der Waals surface area contributed by atoms with E-state index in [0.29, 0.717) is 31.9 Å². The summed E-state index contributed by atoms with van der Waals surface area (Å²) < 4.78 is 30.7. The Balaban J connectivity index is 1.88. The molecule has 1 heterocycles. The van der Waals surface area contributed by atoms with E-state index in [4.69, 9.17) is 10.7 Å². The van der Waals surface area contributed by atoms with Crippen LogP contribution in [0.15, 0.2) is 66.7 Å². The number of fused-ring (bicyclic) bond motifs is 1. The number of amides is 1. The van der Waals surface area contributed by atoms with Gasteiger partial charge < -0.3 is 15.2 Å². The fourth-order valence-corrected chi connectivity index (χ4v) is 4.68. The zero-order chi connectivity index (χ0) is 25.8. The maximum atomic E-state index is 14.7. The van der Waals surface area contributed by atoms with Crippen LogP contribution in [0, 0.1) is 24.5 Å². The van der Waals surface area contributed by atoms with Gasteiger partial charge in [-0.15, -0.1) is 0 Å². The standard InChI is InChI=1S/C29H32F2N4O/c1-19(2)27(34(15-7-14-32)29(36)23-10-4-5-11-24(23)31)28-33-25-16-20(3)12-13-26(25)35(28)18-21-8-6-9-22(30)17-21/h4-6,8-13,16-17,19,27H,7,14-15,18,32H2,1-3H3/t27-/m1/s1. The van der Waals surface area contributed by atoms with Crippen LogP contribution in [-0.4, -0.2) is 33.4 Å². The summed E-state index contributed by atoms with van der Waals surface area (Å²) in [5, 5.41) is 0. The highest BCUT2D eigenvalue weighted by atomic mass is 19.1. The zero-order valence-corrected chi connectivity index (χ0v) is 20.9. The number of hydrogen-bond acceptors (Lipinski definition) is 3. The van der Waals surface area contributed by atoms with Crippen molar-refractivity contribution < 1.29 is 13.6 Å². The molecule has 0 aliphatic carbocycles. The van der Waals surface area contributed by atoms with Crippen LogP contribution in [-0.2, 0) is 6.54 Å². The van der Waals surface area contributed by atoms with Gasteiger partial charge in [-0.25, -0.2) is 13.8 Å². The van der Waals surface area contributed by atoms with E-state index >= 15 is 0 Å². The second-order valence-corrected chi connectivity index (χ2v) is 9.49. The highest BCUT2D eigenvalue weighted by Gasteiger charge is 2.33. The number of aromatic nitrogens is 2. The Morgan fingerprint density at radius 3 is 2.53 bits per heavy atom. The Bertz CT molecular complexity index is 1360. The summed E-state index contributed by atoms with van der Waals surface area (Å²) in [4.78, 5) is 20.4. The van der Waals surface area contributed by atoms with Crippen molar-refractivity contribution in [3.63, 3.8) is 0 Å². The average molecular weight is 491 g/mol. The fraction of sp³-hybridized carbons (Fsp3) is 0.310. The highest BCUT2D eigenvalue weighted by molar-refractivity contribution is 5.94. The number of benzene rings is 3. The van der Waals surface area contributed by atoms with Crippen LogP contribution in [0.25, 0.3) is 11.0 Å². The molecule has 0 spiro atoms. The molecule has 1 aromatic heterocycles. The lowest BCUT2D eigenvalue weighted by Crippen LogP contribution is -2.40. The van der Waals surface area contributed by atoms with Crippen molar-refractivity contribution >= 4 is 16.9 Å². The second-order valence-electron chi connectivity index (χ2n) is 9.49. The summed E-state index contributed by atoms with van der Waals surface area (Å²) in [7, 11) is 0. The van der Waals surface area contributed by atoms with Gasteiger partial charge in [0.15, 0.2) is 0 Å². The molecule has 0 bridgehead atoms. The number of nitrogens with two attached hydrogens (primary N) is 1. The normalized spacial score (nSPS) is 12.3. The van der Waals surface area contributed by atoms with Crippen molar-refractivity contribution in [2.75, 3.05) is 13.1 Å². The number of rotatable bonds is 9. The minimum atomic E-state index is -0.563. The van der Waals surface area contributed by atoms with E-state index in [1.165, 1.54) is 24.3 Å². The lowest BCUT2D eigenvalue weighted by Gasteiger charge is -2.34. The summed E-state index contributed by atoms with van der Waals surface area (Å²) >= 11 is 0. The van der Waals surface area contributed by atoms with Gasteiger partial charge >= 0.3 is 0 Å². The molecule has 36 heavy (non-hydrogen) atoms. The summed E-state index contributed by atoms with van der Waals surface area (Å²) in [5.41, 5.74) is 9.37. The third-order valence-electron chi connectivity index (χ3n) is 6.36. The number of hydrogen-bond donors (Lipinski definition) is 1. The quantitative estimate of drug-likeness (QED) is 0.320. The molecule has 4 aromatic rings. The number of carbonyl (C=O) groups excluding carboxylic acids is 1. The highest BCUT2D eigenvalue weighted by Crippen LogP contribution is 2.33. The van der Waals surface area contributed by atoms with Crippen molar-refractivity contribution in [2.24, 2.45) is 11.7 Å². The molecule has 0 saturated heterocycles. The predicted octanol–water partition coefficient (Wildman–Crippen LogP) is 5.86. The smallest absolute Gasteiger partial charge is 0.257 e. The van der Waals surface area contributed by atoms with Gasteiger partial charge in [0.25, 0.3) is 5.91 Å². The monoisotopic (exact) mass is 490 g/mol. The van der Waals surface area contributed by atoms with Gasteiger partial charge in [-0.2, -0.15) is 0 Å². The Kier molecular flexibility index (Phi) is 7.79. The molecule has 0 fully saturated rings. The molecule has 5 nitrogen and oxygen atoms in total. The second kappa shape index (κ2) is 11.0. The zero-order valence-electron chi connectivity index (χ0n) is 20.9. The van der Waals surface area contributed by atoms with Gasteiger partial charge in [0.05, 0.1) is 22.6 Å². The van der Waals surface area contributed by atoms with Crippen molar-refractivity contribution in [2.45, 2.75) is 39.8 Å². The molecule has 2 N–H and O–H groups in total. The van der Waals surface area contributed by atoms with Crippen LogP contribution in [0.5, 0.6) is 0 Å². The molecule has 188 valence electrons. The van der Waals surface area contributed by atoms with Crippen molar-refractivity contribution in [1.82, 2.24) is 14.5 Å². The number of imidazole rings is 1. The lowest BCUT2D eigenvalue weighted by molar-refractivity contribution is 0.0600. The van der Waals surface area contributed by atoms with E-state index in [-0.39, 0.29) is 17.3 Å². The largest absolute Gasteiger partial charge is 0.330 e. The molecule has 4 rings (SSSR count). The topological polar surface area (TPSA) is 64.2 Å². The van der Waals surface area contributed by atoms with Gasteiger partial charge in [0.2, 0.25) is 0 Å². The maximum Gasteiger partial charge on any atom is 0.257 e. The molecule has 0 radical (unpaired) electrons. The van der Waals surface area contributed by atoms with Crippen LogP contribution in [0.4, 0.5) is 8.78 Å². The first kappa shape index (κ1) is 25.5. The molecule has 7 heteroatoms. The molecule has 0 unspecified atom stereocenters. The minimum Gasteiger partial charge on any atom is -0.330 e. The van der Waals surface area contributed by atoms with Crippen molar-refractivity contribution in [3.05, 3.63) is 101 Å². The molecular formula is C29H32F2N4O. The SMILES string of the molecule is Cc1ccc2c(c1)nc([C@@H](C(C)C)N(CCCN)C(=O)c1ccccc1F)n2Cc1cccc(F)c1. The summed E-state index contributed by atoms with van der Waals surface area (Å²) in [5.74, 6) is -0.638. The Labute approximate surface area is 210 Å². The first-order valence-electron chi connectivity index (χ1n) is 12.3. The van der Waals surface area contributed by atoms with Gasteiger partial charge in [-0.05, 0) is 73.3 Å². The van der Waals surface area contributed by atoms with E-state index in [1.54, 1.807) is 23.1 Å². The summed E-state index contributed by atoms with van der Waals surface area (Å²) in [6.07, 6.45) is 0.562. The first-order chi connectivity index (χ1) is 17.3. The summed E-state index contributed by atoms with van der Waals surface area (Å²) in [6.45, 7) is 7.17. The van der Waals surface area contributed by atoms with Crippen molar-refractivity contribution in [3.8, 4) is 0 Å². The number of carbonyl (C=O) groups is 1. The van der Waals surface area contributed by atoms with E-state index in [1.807, 2.05) is 49.6 Å². The molecule has 0 aliphatic rings. The van der Waals surface area contributed by atoms with Crippen LogP contribution in [0.1, 0.15) is 53.6 Å². The van der Waals surface area contributed by atoms with Gasteiger partial charge in [0, 0.05) is 13.1 Å². The molecule has 3 aromatic carbocycles. The van der Waals surface area contributed by atoms with Crippen LogP contribution in [0.3, 0.4) is 0 Å². The Morgan fingerprint density at radius 1 is 1.06 bits per heavy atom. The van der Waals surface area contributed by atoms with Gasteiger partial charge in [-0.1, -0.05) is 44.2 Å². The number of nitrogens with zero attached hydrogens (tertiary/aromatic N) is 3. The van der Waals surface area contributed by atoms with Crippen LogP contribution < -0.4 is 5.73 Å². The Hall–Kier alpha value is -3.58. The average Bonchev–Trinajstić information content (AvgIpc) is 3.17. The summed E-state index contributed by atoms with van der Waals surface area (Å²) in [6, 6.07) is 18.1. The molecule has 0 aliphatic heterocycles. The molecule has 0 saturated carbocycles. The van der Waals surface area contributed by atoms with Gasteiger partial charge in [-0.3, -0.25) is 4.79 Å².